The van der Waals surface area contributed by atoms with E-state index in [4.69, 9.17) is 10.5 Å². The van der Waals surface area contributed by atoms with Crippen molar-refractivity contribution in [2.75, 3.05) is 6.26 Å². The number of carbonyl (C=O) groups is 1. The van der Waals surface area contributed by atoms with Crippen molar-refractivity contribution in [2.24, 2.45) is 17.6 Å². The van der Waals surface area contributed by atoms with Crippen molar-refractivity contribution >= 4 is 15.7 Å². The Labute approximate surface area is 180 Å². The molecule has 1 heterocycles. The predicted molar refractivity (Wildman–Crippen MR) is 113 cm³/mol. The summed E-state index contributed by atoms with van der Waals surface area (Å²) in [6.45, 7) is 0. The molecule has 0 bridgehead atoms. The number of para-hydroxylation sites is 1. The zero-order valence-electron chi connectivity index (χ0n) is 17.1. The highest BCUT2D eigenvalue weighted by atomic mass is 32.2. The first-order chi connectivity index (χ1) is 14.7. The Morgan fingerprint density at radius 2 is 1.81 bits per heavy atom. The van der Waals surface area contributed by atoms with Crippen molar-refractivity contribution in [2.45, 2.75) is 37.8 Å². The van der Waals surface area contributed by atoms with E-state index in [1.165, 1.54) is 6.08 Å². The van der Waals surface area contributed by atoms with Gasteiger partial charge in [0.25, 0.3) is 5.91 Å². The van der Waals surface area contributed by atoms with E-state index < -0.39 is 27.8 Å². The minimum atomic E-state index is -3.40. The molecule has 2 saturated carbocycles. The SMILES string of the molecule is CS(=O)(=O)/C=C/[C@@H](c1nc(C(F)C2CC2)nc(Oc2ccccc2)c1C(N)=O)C1CC1. The number of carbonyl (C=O) groups excluding carboxylic acids is 1. The number of sulfone groups is 1. The van der Waals surface area contributed by atoms with Crippen molar-refractivity contribution in [3.63, 3.8) is 0 Å². The van der Waals surface area contributed by atoms with Crippen LogP contribution >= 0.6 is 0 Å². The molecule has 164 valence electrons. The number of nitrogens with zero attached hydrogens (tertiary/aromatic N) is 2. The highest BCUT2D eigenvalue weighted by Crippen LogP contribution is 2.47. The van der Waals surface area contributed by atoms with Gasteiger partial charge in [0, 0.05) is 17.6 Å². The van der Waals surface area contributed by atoms with Crippen LogP contribution in [0, 0.1) is 11.8 Å². The lowest BCUT2D eigenvalue weighted by atomic mass is 9.95. The Morgan fingerprint density at radius 1 is 1.16 bits per heavy atom. The maximum Gasteiger partial charge on any atom is 0.256 e. The van der Waals surface area contributed by atoms with Gasteiger partial charge >= 0.3 is 0 Å². The van der Waals surface area contributed by atoms with Crippen LogP contribution in [0.5, 0.6) is 11.6 Å². The van der Waals surface area contributed by atoms with Crippen molar-refractivity contribution in [1.29, 1.82) is 0 Å². The fraction of sp³-hybridized carbons (Fsp3) is 0.409. The van der Waals surface area contributed by atoms with Gasteiger partial charge in [0.1, 0.15) is 11.3 Å². The van der Waals surface area contributed by atoms with Crippen molar-refractivity contribution in [3.8, 4) is 11.6 Å². The van der Waals surface area contributed by atoms with Crippen LogP contribution in [0.4, 0.5) is 4.39 Å². The molecule has 0 spiro atoms. The fourth-order valence-electron chi connectivity index (χ4n) is 3.50. The number of primary amides is 1. The number of halogens is 1. The Kier molecular flexibility index (Phi) is 5.79. The van der Waals surface area contributed by atoms with E-state index in [1.807, 2.05) is 6.07 Å². The van der Waals surface area contributed by atoms with Crippen LogP contribution < -0.4 is 10.5 Å². The fourth-order valence-corrected chi connectivity index (χ4v) is 3.95. The number of alkyl halides is 1. The highest BCUT2D eigenvalue weighted by molar-refractivity contribution is 7.93. The van der Waals surface area contributed by atoms with Gasteiger partial charge in [-0.15, -0.1) is 0 Å². The van der Waals surface area contributed by atoms with Gasteiger partial charge in [0.15, 0.2) is 21.8 Å². The quantitative estimate of drug-likeness (QED) is 0.628. The van der Waals surface area contributed by atoms with Gasteiger partial charge in [-0.25, -0.2) is 17.8 Å². The van der Waals surface area contributed by atoms with Gasteiger partial charge in [-0.2, -0.15) is 4.98 Å². The second kappa shape index (κ2) is 8.37. The Balaban J connectivity index is 1.86. The second-order valence-electron chi connectivity index (χ2n) is 8.19. The summed E-state index contributed by atoms with van der Waals surface area (Å²) in [5.74, 6) is -1.16. The Hall–Kier alpha value is -2.81. The number of aromatic nitrogens is 2. The van der Waals surface area contributed by atoms with Gasteiger partial charge < -0.3 is 10.5 Å². The molecule has 1 unspecified atom stereocenters. The monoisotopic (exact) mass is 445 g/mol. The van der Waals surface area contributed by atoms with E-state index in [2.05, 4.69) is 9.97 Å². The van der Waals surface area contributed by atoms with Gasteiger partial charge in [0.2, 0.25) is 5.88 Å². The minimum absolute atomic E-state index is 0.0503. The average Bonchev–Trinajstić information content (AvgIpc) is 3.60. The summed E-state index contributed by atoms with van der Waals surface area (Å²) in [6, 6.07) is 8.69. The largest absolute Gasteiger partial charge is 0.438 e. The van der Waals surface area contributed by atoms with Crippen LogP contribution in [0.15, 0.2) is 41.8 Å². The first-order valence-electron chi connectivity index (χ1n) is 10.2. The van der Waals surface area contributed by atoms with Gasteiger partial charge in [-0.05, 0) is 49.7 Å². The molecule has 2 N–H and O–H groups in total. The zero-order chi connectivity index (χ0) is 22.2. The third-order valence-corrected chi connectivity index (χ3v) is 6.04. The van der Waals surface area contributed by atoms with Crippen LogP contribution in [0.25, 0.3) is 0 Å². The molecule has 0 radical (unpaired) electrons. The Morgan fingerprint density at radius 3 is 2.35 bits per heavy atom. The third kappa shape index (κ3) is 5.28. The molecule has 1 aromatic heterocycles. The van der Waals surface area contributed by atoms with Crippen molar-refractivity contribution in [3.05, 3.63) is 58.9 Å². The molecule has 1 amide bonds. The van der Waals surface area contributed by atoms with Crippen molar-refractivity contribution < 1.29 is 22.3 Å². The topological polar surface area (TPSA) is 112 Å². The number of amides is 1. The third-order valence-electron chi connectivity index (χ3n) is 5.39. The maximum absolute atomic E-state index is 15.0. The molecule has 2 aromatic rings. The number of ether oxygens (including phenoxy) is 1. The number of rotatable bonds is 9. The first kappa shape index (κ1) is 21.4. The van der Waals surface area contributed by atoms with Gasteiger partial charge in [-0.3, -0.25) is 4.79 Å². The lowest BCUT2D eigenvalue weighted by Crippen LogP contribution is -2.21. The van der Waals surface area contributed by atoms with Crippen molar-refractivity contribution in [1.82, 2.24) is 9.97 Å². The standard InChI is InChI=1S/C22H24FN3O4S/c1-31(28,29)12-11-16(13-7-8-13)19-17(20(24)27)22(30-15-5-3-2-4-6-15)26-21(25-19)18(23)14-9-10-14/h2-6,11-14,16,18H,7-10H2,1H3,(H2,24,27)/b12-11+/t16-,18?/m1/s1. The Bertz CT molecular complexity index is 1110. The van der Waals surface area contributed by atoms with E-state index in [0.29, 0.717) is 5.75 Å². The number of allylic oxidation sites excluding steroid dienone is 1. The number of hydrogen-bond donors (Lipinski definition) is 1. The maximum atomic E-state index is 15.0. The van der Waals surface area contributed by atoms with Crippen LogP contribution in [-0.2, 0) is 9.84 Å². The number of benzene rings is 1. The van der Waals surface area contributed by atoms with E-state index in [1.54, 1.807) is 24.3 Å². The average molecular weight is 446 g/mol. The summed E-state index contributed by atoms with van der Waals surface area (Å²) < 4.78 is 44.3. The summed E-state index contributed by atoms with van der Waals surface area (Å²) in [5.41, 5.74) is 5.84. The number of nitrogens with two attached hydrogens (primary N) is 1. The van der Waals surface area contributed by atoms with E-state index in [9.17, 15) is 17.6 Å². The number of hydrogen-bond acceptors (Lipinski definition) is 6. The van der Waals surface area contributed by atoms with Crippen LogP contribution in [-0.4, -0.2) is 30.5 Å². The molecular weight excluding hydrogens is 421 g/mol. The molecular formula is C22H24FN3O4S. The molecule has 1 aromatic carbocycles. The first-order valence-corrected chi connectivity index (χ1v) is 12.1. The normalized spacial score (nSPS) is 18.6. The minimum Gasteiger partial charge on any atom is -0.438 e. The van der Waals surface area contributed by atoms with Crippen LogP contribution in [0.1, 0.15) is 59.6 Å². The van der Waals surface area contributed by atoms with E-state index >= 15 is 0 Å². The summed E-state index contributed by atoms with van der Waals surface area (Å²) in [7, 11) is -3.40. The second-order valence-corrected chi connectivity index (χ2v) is 10.1. The summed E-state index contributed by atoms with van der Waals surface area (Å²) in [6.07, 6.45) is 4.36. The molecule has 0 saturated heterocycles. The van der Waals surface area contributed by atoms with Gasteiger partial charge in [0.05, 0.1) is 5.69 Å². The molecule has 0 aliphatic heterocycles. The molecule has 9 heteroatoms. The molecule has 2 fully saturated rings. The molecule has 31 heavy (non-hydrogen) atoms. The lowest BCUT2D eigenvalue weighted by Gasteiger charge is -2.19. The predicted octanol–water partition coefficient (Wildman–Crippen LogP) is 3.84. The van der Waals surface area contributed by atoms with E-state index in [0.717, 1.165) is 37.3 Å². The van der Waals surface area contributed by atoms with Crippen LogP contribution in [0.2, 0.25) is 0 Å². The summed E-state index contributed by atoms with van der Waals surface area (Å²) >= 11 is 0. The summed E-state index contributed by atoms with van der Waals surface area (Å²) in [5, 5.41) is 1.09. The molecule has 7 nitrogen and oxygen atoms in total. The molecule has 2 aliphatic carbocycles. The lowest BCUT2D eigenvalue weighted by molar-refractivity contribution is 0.0995. The van der Waals surface area contributed by atoms with E-state index in [-0.39, 0.29) is 34.8 Å². The highest BCUT2D eigenvalue weighted by Gasteiger charge is 2.39. The zero-order valence-corrected chi connectivity index (χ0v) is 17.9. The van der Waals surface area contributed by atoms with Crippen LogP contribution in [0.3, 0.4) is 0 Å². The smallest absolute Gasteiger partial charge is 0.256 e. The molecule has 2 aliphatic rings. The molecule has 4 rings (SSSR count). The molecule has 2 atom stereocenters. The van der Waals surface area contributed by atoms with Gasteiger partial charge in [-0.1, -0.05) is 24.3 Å². The summed E-state index contributed by atoms with van der Waals surface area (Å²) in [4.78, 5) is 21.1.